The Balaban J connectivity index is 2.82. The smallest absolute Gasteiger partial charge is 0.124 e. The van der Waals surface area contributed by atoms with Gasteiger partial charge in [-0.3, -0.25) is 0 Å². The molecule has 4 heteroatoms. The Morgan fingerprint density at radius 3 is 3.00 bits per heavy atom. The van der Waals surface area contributed by atoms with Crippen LogP contribution in [0.3, 0.4) is 0 Å². The molecule has 0 aliphatic rings. The first-order valence-corrected chi connectivity index (χ1v) is 3.13. The van der Waals surface area contributed by atoms with Gasteiger partial charge in [0.25, 0.3) is 0 Å². The number of rotatable bonds is 2. The number of hydrogen-bond acceptors (Lipinski definition) is 4. The van der Waals surface area contributed by atoms with Gasteiger partial charge in [-0.2, -0.15) is 5.26 Å². The zero-order valence-corrected chi connectivity index (χ0v) is 5.82. The summed E-state index contributed by atoms with van der Waals surface area (Å²) in [4.78, 5) is 0. The molecule has 0 saturated carbocycles. The van der Waals surface area contributed by atoms with Crippen LogP contribution in [-0.4, -0.2) is 11.7 Å². The van der Waals surface area contributed by atoms with Crippen molar-refractivity contribution in [3.8, 4) is 6.07 Å². The summed E-state index contributed by atoms with van der Waals surface area (Å²) in [5.74, 6) is 0.434. The normalized spacial score (nSPS) is 12.5. The van der Waals surface area contributed by atoms with Crippen LogP contribution in [0.4, 0.5) is 0 Å². The Labute approximate surface area is 63.8 Å². The van der Waals surface area contributed by atoms with E-state index in [9.17, 15) is 0 Å². The third kappa shape index (κ3) is 1.58. The summed E-state index contributed by atoms with van der Waals surface area (Å²) in [6, 6.07) is 2.88. The molecular formula is C7H8N2O2. The summed E-state index contributed by atoms with van der Waals surface area (Å²) in [5, 5.41) is 17.0. The van der Waals surface area contributed by atoms with Crippen molar-refractivity contribution in [3.63, 3.8) is 0 Å². The molecule has 0 aliphatic heterocycles. The van der Waals surface area contributed by atoms with Gasteiger partial charge in [0.15, 0.2) is 0 Å². The molecule has 3 N–H and O–H groups in total. The lowest BCUT2D eigenvalue weighted by atomic mass is 10.2. The summed E-state index contributed by atoms with van der Waals surface area (Å²) >= 11 is 0. The largest absolute Gasteiger partial charge is 0.466 e. The second-order valence-electron chi connectivity index (χ2n) is 2.14. The molecule has 4 nitrogen and oxygen atoms in total. The SMILES string of the molecule is N#Cc1coc(C(N)CO)c1. The molecule has 0 aromatic carbocycles. The van der Waals surface area contributed by atoms with Crippen LogP contribution in [-0.2, 0) is 0 Å². The molecule has 1 heterocycles. The predicted octanol–water partition coefficient (Wildman–Crippen LogP) is 0.143. The second-order valence-corrected chi connectivity index (χ2v) is 2.14. The van der Waals surface area contributed by atoms with E-state index in [1.807, 2.05) is 6.07 Å². The van der Waals surface area contributed by atoms with E-state index in [0.717, 1.165) is 0 Å². The van der Waals surface area contributed by atoms with Gasteiger partial charge in [0.05, 0.1) is 18.2 Å². The molecule has 1 rings (SSSR count). The molecule has 1 atom stereocenters. The molecule has 0 spiro atoms. The number of nitrogens with two attached hydrogens (primary N) is 1. The van der Waals surface area contributed by atoms with Gasteiger partial charge in [0.2, 0.25) is 0 Å². The number of aliphatic hydroxyl groups excluding tert-OH is 1. The lowest BCUT2D eigenvalue weighted by molar-refractivity contribution is 0.252. The van der Waals surface area contributed by atoms with Crippen LogP contribution < -0.4 is 5.73 Å². The van der Waals surface area contributed by atoms with Crippen LogP contribution in [0.1, 0.15) is 17.4 Å². The summed E-state index contributed by atoms with van der Waals surface area (Å²) in [7, 11) is 0. The number of nitrogens with zero attached hydrogens (tertiary/aromatic N) is 1. The number of aliphatic hydroxyl groups is 1. The van der Waals surface area contributed by atoms with E-state index in [1.165, 1.54) is 12.3 Å². The Morgan fingerprint density at radius 1 is 1.82 bits per heavy atom. The average molecular weight is 152 g/mol. The van der Waals surface area contributed by atoms with Crippen molar-refractivity contribution in [1.29, 1.82) is 5.26 Å². The fourth-order valence-corrected chi connectivity index (χ4v) is 0.696. The van der Waals surface area contributed by atoms with Crippen molar-refractivity contribution in [2.45, 2.75) is 6.04 Å². The minimum absolute atomic E-state index is 0.182. The second kappa shape index (κ2) is 3.19. The standard InChI is InChI=1S/C7H8N2O2/c8-2-5-1-7(11-4-5)6(9)3-10/h1,4,6,10H,3,9H2. The number of hydrogen-bond donors (Lipinski definition) is 2. The van der Waals surface area contributed by atoms with E-state index in [0.29, 0.717) is 11.3 Å². The predicted molar refractivity (Wildman–Crippen MR) is 37.4 cm³/mol. The van der Waals surface area contributed by atoms with Gasteiger partial charge < -0.3 is 15.3 Å². The van der Waals surface area contributed by atoms with Crippen molar-refractivity contribution in [1.82, 2.24) is 0 Å². The molecule has 1 aromatic heterocycles. The zero-order valence-electron chi connectivity index (χ0n) is 5.82. The summed E-state index contributed by atoms with van der Waals surface area (Å²) in [6.45, 7) is -0.182. The number of nitriles is 1. The molecule has 1 unspecified atom stereocenters. The van der Waals surface area contributed by atoms with Gasteiger partial charge in [-0.1, -0.05) is 0 Å². The van der Waals surface area contributed by atoms with E-state index >= 15 is 0 Å². The van der Waals surface area contributed by atoms with Gasteiger partial charge in [-0.25, -0.2) is 0 Å². The maximum absolute atomic E-state index is 8.60. The van der Waals surface area contributed by atoms with Crippen LogP contribution >= 0.6 is 0 Å². The third-order valence-corrected chi connectivity index (χ3v) is 1.31. The lowest BCUT2D eigenvalue weighted by Gasteiger charge is -2.00. The molecule has 0 bridgehead atoms. The van der Waals surface area contributed by atoms with Crippen molar-refractivity contribution < 1.29 is 9.52 Å². The van der Waals surface area contributed by atoms with Crippen molar-refractivity contribution in [2.75, 3.05) is 6.61 Å². The number of furan rings is 1. The van der Waals surface area contributed by atoms with E-state index in [1.54, 1.807) is 0 Å². The van der Waals surface area contributed by atoms with Crippen LogP contribution in [0.5, 0.6) is 0 Å². The Hall–Kier alpha value is -1.31. The Morgan fingerprint density at radius 2 is 2.55 bits per heavy atom. The van der Waals surface area contributed by atoms with Gasteiger partial charge in [0, 0.05) is 0 Å². The highest BCUT2D eigenvalue weighted by Crippen LogP contribution is 2.12. The summed E-state index contributed by atoms with van der Waals surface area (Å²) < 4.78 is 4.90. The molecule has 11 heavy (non-hydrogen) atoms. The molecule has 1 aromatic rings. The Bertz CT molecular complexity index is 274. The molecule has 0 radical (unpaired) electrons. The topological polar surface area (TPSA) is 83.2 Å². The van der Waals surface area contributed by atoms with Crippen molar-refractivity contribution in [2.24, 2.45) is 5.73 Å². The fraction of sp³-hybridized carbons (Fsp3) is 0.286. The maximum atomic E-state index is 8.60. The monoisotopic (exact) mass is 152 g/mol. The van der Waals surface area contributed by atoms with E-state index in [-0.39, 0.29) is 6.61 Å². The lowest BCUT2D eigenvalue weighted by Crippen LogP contribution is -2.13. The van der Waals surface area contributed by atoms with E-state index in [2.05, 4.69) is 0 Å². The van der Waals surface area contributed by atoms with Crippen molar-refractivity contribution in [3.05, 3.63) is 23.7 Å². The van der Waals surface area contributed by atoms with Gasteiger partial charge in [0.1, 0.15) is 18.1 Å². The molecule has 0 aliphatic carbocycles. The maximum Gasteiger partial charge on any atom is 0.124 e. The van der Waals surface area contributed by atoms with E-state index in [4.69, 9.17) is 20.5 Å². The minimum Gasteiger partial charge on any atom is -0.466 e. The van der Waals surface area contributed by atoms with Crippen LogP contribution in [0.15, 0.2) is 16.7 Å². The summed E-state index contributed by atoms with van der Waals surface area (Å²) in [5.41, 5.74) is 5.83. The van der Waals surface area contributed by atoms with Gasteiger partial charge in [-0.05, 0) is 6.07 Å². The first kappa shape index (κ1) is 7.79. The highest BCUT2D eigenvalue weighted by atomic mass is 16.3. The van der Waals surface area contributed by atoms with Crippen LogP contribution in [0.25, 0.3) is 0 Å². The van der Waals surface area contributed by atoms with Crippen LogP contribution in [0, 0.1) is 11.3 Å². The molecule has 0 fully saturated rings. The van der Waals surface area contributed by atoms with Crippen LogP contribution in [0.2, 0.25) is 0 Å². The summed E-state index contributed by atoms with van der Waals surface area (Å²) in [6.07, 6.45) is 1.31. The Kier molecular flexibility index (Phi) is 2.26. The molecule has 58 valence electrons. The van der Waals surface area contributed by atoms with Gasteiger partial charge in [-0.15, -0.1) is 0 Å². The quantitative estimate of drug-likeness (QED) is 0.631. The zero-order chi connectivity index (χ0) is 8.27. The van der Waals surface area contributed by atoms with E-state index < -0.39 is 6.04 Å². The minimum atomic E-state index is -0.530. The average Bonchev–Trinajstić information content (AvgIpc) is 2.50. The highest BCUT2D eigenvalue weighted by molar-refractivity contribution is 5.27. The van der Waals surface area contributed by atoms with Gasteiger partial charge >= 0.3 is 0 Å². The highest BCUT2D eigenvalue weighted by Gasteiger charge is 2.08. The van der Waals surface area contributed by atoms with Crippen molar-refractivity contribution >= 4 is 0 Å². The molecular weight excluding hydrogens is 144 g/mol. The fourth-order valence-electron chi connectivity index (χ4n) is 0.696. The first-order chi connectivity index (χ1) is 5.27. The molecule has 0 amide bonds. The molecule has 0 saturated heterocycles. The first-order valence-electron chi connectivity index (χ1n) is 3.13. The third-order valence-electron chi connectivity index (χ3n) is 1.31.